The van der Waals surface area contributed by atoms with E-state index < -0.39 is 11.5 Å². The Morgan fingerprint density at radius 1 is 1.44 bits per heavy atom. The highest BCUT2D eigenvalue weighted by atomic mass is 79.9. The molecule has 0 fully saturated rings. The van der Waals surface area contributed by atoms with Gasteiger partial charge in [0.1, 0.15) is 0 Å². The molecule has 1 atom stereocenters. The predicted molar refractivity (Wildman–Crippen MR) is 66.9 cm³/mol. The number of carbonyl (C=O) groups excluding carboxylic acids is 1. The lowest BCUT2D eigenvalue weighted by Gasteiger charge is -2.29. The van der Waals surface area contributed by atoms with Crippen molar-refractivity contribution in [3.05, 3.63) is 34.3 Å². The van der Waals surface area contributed by atoms with Crippen LogP contribution in [0.3, 0.4) is 0 Å². The summed E-state index contributed by atoms with van der Waals surface area (Å²) >= 11 is 3.43. The molecule has 0 aliphatic heterocycles. The normalized spacial score (nSPS) is 13.3. The number of nitrogens with two attached hydrogens (primary N) is 1. The first-order chi connectivity index (χ1) is 7.41. The summed E-state index contributed by atoms with van der Waals surface area (Å²) in [7, 11) is 1.37. The summed E-state index contributed by atoms with van der Waals surface area (Å²) in [6, 6.07) is 7.20. The minimum Gasteiger partial charge on any atom is -0.469 e. The zero-order valence-electron chi connectivity index (χ0n) is 9.66. The number of carbonyl (C=O) groups is 1. The third-order valence-corrected chi connectivity index (χ3v) is 3.45. The monoisotopic (exact) mass is 285 g/mol. The molecule has 1 aromatic rings. The molecule has 0 bridgehead atoms. The molecule has 1 rings (SSSR count). The van der Waals surface area contributed by atoms with Gasteiger partial charge in [-0.1, -0.05) is 34.1 Å². The molecule has 3 nitrogen and oxygen atoms in total. The summed E-state index contributed by atoms with van der Waals surface area (Å²) in [5.74, 6) is -0.309. The van der Waals surface area contributed by atoms with Gasteiger partial charge in [0.25, 0.3) is 0 Å². The van der Waals surface area contributed by atoms with Crippen molar-refractivity contribution in [3.63, 3.8) is 0 Å². The largest absolute Gasteiger partial charge is 0.469 e. The van der Waals surface area contributed by atoms with Crippen molar-refractivity contribution >= 4 is 21.9 Å². The first-order valence-electron chi connectivity index (χ1n) is 4.99. The van der Waals surface area contributed by atoms with E-state index in [0.717, 1.165) is 10.0 Å². The maximum absolute atomic E-state index is 11.6. The van der Waals surface area contributed by atoms with Crippen LogP contribution in [0.4, 0.5) is 0 Å². The quantitative estimate of drug-likeness (QED) is 0.869. The summed E-state index contributed by atoms with van der Waals surface area (Å²) in [5.41, 5.74) is 6.27. The molecule has 4 heteroatoms. The molecule has 0 amide bonds. The minimum atomic E-state index is -0.751. The molecule has 0 aromatic heterocycles. The van der Waals surface area contributed by atoms with Gasteiger partial charge in [0.05, 0.1) is 12.5 Å². The number of methoxy groups -OCH3 is 1. The van der Waals surface area contributed by atoms with Crippen molar-refractivity contribution in [1.82, 2.24) is 0 Å². The number of benzene rings is 1. The molecule has 1 aromatic carbocycles. The second-order valence-electron chi connectivity index (χ2n) is 4.21. The molecule has 2 N–H and O–H groups in total. The number of esters is 1. The Labute approximate surface area is 104 Å². The standard InChI is InChI=1S/C12H16BrNO2/c1-12(2,11(15)16-3)10(14)8-6-4-5-7-9(8)13/h4-7,10H,14H2,1-3H3. The first-order valence-corrected chi connectivity index (χ1v) is 5.79. The molecule has 0 saturated carbocycles. The molecule has 88 valence electrons. The van der Waals surface area contributed by atoms with Crippen LogP contribution >= 0.6 is 15.9 Å². The van der Waals surface area contributed by atoms with Gasteiger partial charge in [0.15, 0.2) is 0 Å². The highest BCUT2D eigenvalue weighted by molar-refractivity contribution is 9.10. The average Bonchev–Trinajstić information content (AvgIpc) is 2.27. The van der Waals surface area contributed by atoms with Gasteiger partial charge in [-0.2, -0.15) is 0 Å². The zero-order chi connectivity index (χ0) is 12.3. The van der Waals surface area contributed by atoms with Crippen molar-refractivity contribution in [2.24, 2.45) is 11.1 Å². The Bertz CT molecular complexity index is 390. The average molecular weight is 286 g/mol. The second kappa shape index (κ2) is 4.97. The highest BCUT2D eigenvalue weighted by Crippen LogP contribution is 2.35. The fourth-order valence-corrected chi connectivity index (χ4v) is 2.04. The van der Waals surface area contributed by atoms with Crippen molar-refractivity contribution in [1.29, 1.82) is 0 Å². The van der Waals surface area contributed by atoms with Crippen LogP contribution in [-0.4, -0.2) is 13.1 Å². The van der Waals surface area contributed by atoms with Crippen molar-refractivity contribution in [2.75, 3.05) is 7.11 Å². The number of ether oxygens (including phenoxy) is 1. The van der Waals surface area contributed by atoms with Crippen LogP contribution in [0.2, 0.25) is 0 Å². The lowest BCUT2D eigenvalue weighted by Crippen LogP contribution is -2.37. The fourth-order valence-electron chi connectivity index (χ4n) is 1.51. The summed E-state index contributed by atoms with van der Waals surface area (Å²) in [6.45, 7) is 3.56. The molecular formula is C12H16BrNO2. The molecule has 0 saturated heterocycles. The fraction of sp³-hybridized carbons (Fsp3) is 0.417. The Balaban J connectivity index is 3.07. The number of halogens is 1. The van der Waals surface area contributed by atoms with E-state index in [-0.39, 0.29) is 5.97 Å². The molecular weight excluding hydrogens is 270 g/mol. The number of hydrogen-bond donors (Lipinski definition) is 1. The van der Waals surface area contributed by atoms with Crippen molar-refractivity contribution in [2.45, 2.75) is 19.9 Å². The first kappa shape index (κ1) is 13.2. The van der Waals surface area contributed by atoms with Crippen LogP contribution in [0.15, 0.2) is 28.7 Å². The van der Waals surface area contributed by atoms with Crippen LogP contribution in [0.5, 0.6) is 0 Å². The zero-order valence-corrected chi connectivity index (χ0v) is 11.2. The third kappa shape index (κ3) is 2.44. The highest BCUT2D eigenvalue weighted by Gasteiger charge is 2.37. The van der Waals surface area contributed by atoms with E-state index in [1.54, 1.807) is 13.8 Å². The van der Waals surface area contributed by atoms with E-state index in [1.807, 2.05) is 24.3 Å². The smallest absolute Gasteiger partial charge is 0.313 e. The lowest BCUT2D eigenvalue weighted by atomic mass is 9.81. The Kier molecular flexibility index (Phi) is 4.10. The summed E-state index contributed by atoms with van der Waals surface area (Å²) in [4.78, 5) is 11.6. The van der Waals surface area contributed by atoms with Crippen LogP contribution in [0, 0.1) is 5.41 Å². The molecule has 16 heavy (non-hydrogen) atoms. The summed E-state index contributed by atoms with van der Waals surface area (Å²) in [6.07, 6.45) is 0. The van der Waals surface area contributed by atoms with Crippen molar-refractivity contribution < 1.29 is 9.53 Å². The van der Waals surface area contributed by atoms with Gasteiger partial charge in [-0.15, -0.1) is 0 Å². The number of hydrogen-bond acceptors (Lipinski definition) is 3. The molecule has 1 unspecified atom stereocenters. The third-order valence-electron chi connectivity index (χ3n) is 2.73. The van der Waals surface area contributed by atoms with Crippen LogP contribution in [0.25, 0.3) is 0 Å². The van der Waals surface area contributed by atoms with Gasteiger partial charge in [0, 0.05) is 10.5 Å². The van der Waals surface area contributed by atoms with Gasteiger partial charge < -0.3 is 10.5 Å². The van der Waals surface area contributed by atoms with Gasteiger partial charge in [0.2, 0.25) is 0 Å². The topological polar surface area (TPSA) is 52.3 Å². The van der Waals surface area contributed by atoms with E-state index >= 15 is 0 Å². The van der Waals surface area contributed by atoms with Gasteiger partial charge in [-0.3, -0.25) is 4.79 Å². The van der Waals surface area contributed by atoms with Crippen LogP contribution in [0.1, 0.15) is 25.5 Å². The van der Waals surface area contributed by atoms with E-state index in [4.69, 9.17) is 10.5 Å². The SMILES string of the molecule is COC(=O)C(C)(C)C(N)c1ccccc1Br. The Morgan fingerprint density at radius 2 is 2.00 bits per heavy atom. The molecule has 0 spiro atoms. The van der Waals surface area contributed by atoms with E-state index in [0.29, 0.717) is 0 Å². The maximum Gasteiger partial charge on any atom is 0.313 e. The van der Waals surface area contributed by atoms with Crippen molar-refractivity contribution in [3.8, 4) is 0 Å². The molecule has 0 aliphatic rings. The van der Waals surface area contributed by atoms with Crippen LogP contribution < -0.4 is 5.73 Å². The van der Waals surface area contributed by atoms with Gasteiger partial charge >= 0.3 is 5.97 Å². The van der Waals surface area contributed by atoms with Crippen LogP contribution in [-0.2, 0) is 9.53 Å². The summed E-state index contributed by atoms with van der Waals surface area (Å²) < 4.78 is 5.67. The molecule has 0 aliphatic carbocycles. The van der Waals surface area contributed by atoms with Gasteiger partial charge in [-0.05, 0) is 25.5 Å². The number of rotatable bonds is 3. The predicted octanol–water partition coefficient (Wildman–Crippen LogP) is 2.65. The summed E-state index contributed by atoms with van der Waals surface area (Å²) in [5, 5.41) is 0. The molecule has 0 heterocycles. The second-order valence-corrected chi connectivity index (χ2v) is 5.07. The molecule has 0 radical (unpaired) electrons. The Morgan fingerprint density at radius 3 is 2.50 bits per heavy atom. The minimum absolute atomic E-state index is 0.309. The van der Waals surface area contributed by atoms with E-state index in [2.05, 4.69) is 15.9 Å². The van der Waals surface area contributed by atoms with Gasteiger partial charge in [-0.25, -0.2) is 0 Å². The lowest BCUT2D eigenvalue weighted by molar-refractivity contribution is -0.152. The Hall–Kier alpha value is -0.870. The van der Waals surface area contributed by atoms with E-state index in [9.17, 15) is 4.79 Å². The maximum atomic E-state index is 11.6. The van der Waals surface area contributed by atoms with E-state index in [1.165, 1.54) is 7.11 Å².